The first-order valence-electron chi connectivity index (χ1n) is 10.5. The summed E-state index contributed by atoms with van der Waals surface area (Å²) < 4.78 is 23.6. The van der Waals surface area contributed by atoms with E-state index in [1.807, 2.05) is 0 Å². The number of sulfone groups is 1. The fourth-order valence-corrected chi connectivity index (χ4v) is 5.65. The Morgan fingerprint density at radius 2 is 1.81 bits per heavy atom. The van der Waals surface area contributed by atoms with Gasteiger partial charge in [0.25, 0.3) is 5.78 Å². The average molecular weight is 479 g/mol. The average Bonchev–Trinajstić information content (AvgIpc) is 3.40. The minimum absolute atomic E-state index is 0.0140. The largest absolute Gasteiger partial charge is 0.475 e. The second kappa shape index (κ2) is 9.91. The first-order valence-corrected chi connectivity index (χ1v) is 13.2. The molecule has 1 aromatic carbocycles. The molecule has 172 valence electrons. The molecule has 0 bridgehead atoms. The van der Waals surface area contributed by atoms with Crippen LogP contribution in [0, 0.1) is 5.92 Å². The normalized spacial score (nSPS) is 15.4. The molecule has 2 aromatic rings. The quantitative estimate of drug-likeness (QED) is 0.415. The number of nitrogens with one attached hydrogen (secondary N) is 1. The smallest absolute Gasteiger partial charge is 0.378 e. The highest BCUT2D eigenvalue weighted by molar-refractivity contribution is 7.90. The van der Waals surface area contributed by atoms with Crippen molar-refractivity contribution in [1.82, 2.24) is 4.98 Å². The molecule has 1 saturated carbocycles. The number of hydrogen-bond acceptors (Lipinski definition) is 7. The van der Waals surface area contributed by atoms with Crippen LogP contribution >= 0.6 is 11.3 Å². The number of ketones is 1. The molecule has 8 nitrogen and oxygen atoms in total. The van der Waals surface area contributed by atoms with Crippen LogP contribution in [0.5, 0.6) is 0 Å². The Bertz CT molecular complexity index is 1120. The van der Waals surface area contributed by atoms with Crippen molar-refractivity contribution in [2.24, 2.45) is 5.92 Å². The zero-order valence-corrected chi connectivity index (χ0v) is 19.6. The highest BCUT2D eigenvalue weighted by atomic mass is 32.2. The Balaban J connectivity index is 1.87. The Kier molecular flexibility index (Phi) is 7.45. The summed E-state index contributed by atoms with van der Waals surface area (Å²) in [6, 6.07) is 6.33. The number of carboxylic acid groups (broad SMARTS) is 1. The van der Waals surface area contributed by atoms with Crippen LogP contribution in [-0.4, -0.2) is 42.4 Å². The fraction of sp³-hybridized carbons (Fsp3) is 0.455. The van der Waals surface area contributed by atoms with Gasteiger partial charge in [0.15, 0.2) is 15.0 Å². The lowest BCUT2D eigenvalue weighted by atomic mass is 9.87. The van der Waals surface area contributed by atoms with Gasteiger partial charge >= 0.3 is 5.97 Å². The van der Waals surface area contributed by atoms with Crippen molar-refractivity contribution in [2.75, 3.05) is 11.6 Å². The number of aromatic nitrogens is 1. The third kappa shape index (κ3) is 5.60. The lowest BCUT2D eigenvalue weighted by molar-refractivity contribution is -0.131. The number of hydrogen-bond donors (Lipinski definition) is 2. The summed E-state index contributed by atoms with van der Waals surface area (Å²) in [6.07, 6.45) is 6.45. The number of aliphatic carboxylic acids is 1. The SMILES string of the molecule is CCc1nc(NC(=O)C(CC2CCCC2)c2ccc(S(C)(=O)=O)cc2)sc1C(=O)C(=O)O. The second-order valence-corrected chi connectivity index (χ2v) is 11.1. The van der Waals surface area contributed by atoms with E-state index in [-0.39, 0.29) is 20.8 Å². The molecular weight excluding hydrogens is 452 g/mol. The first-order chi connectivity index (χ1) is 15.1. The van der Waals surface area contributed by atoms with E-state index in [1.54, 1.807) is 19.1 Å². The molecule has 1 fully saturated rings. The van der Waals surface area contributed by atoms with Gasteiger partial charge in [-0.2, -0.15) is 0 Å². The molecule has 1 amide bonds. The maximum absolute atomic E-state index is 13.2. The van der Waals surface area contributed by atoms with Gasteiger partial charge in [-0.3, -0.25) is 9.59 Å². The summed E-state index contributed by atoms with van der Waals surface area (Å²) in [7, 11) is -3.35. The Morgan fingerprint density at radius 3 is 2.34 bits per heavy atom. The van der Waals surface area contributed by atoms with E-state index in [0.29, 0.717) is 30.0 Å². The number of anilines is 1. The van der Waals surface area contributed by atoms with Crippen LogP contribution in [0.25, 0.3) is 0 Å². The highest BCUT2D eigenvalue weighted by Gasteiger charge is 2.29. The van der Waals surface area contributed by atoms with E-state index in [4.69, 9.17) is 5.11 Å². The van der Waals surface area contributed by atoms with E-state index in [0.717, 1.165) is 43.3 Å². The number of nitrogens with zero attached hydrogens (tertiary/aromatic N) is 1. The number of carbonyl (C=O) groups is 3. The third-order valence-electron chi connectivity index (χ3n) is 5.73. The lowest BCUT2D eigenvalue weighted by Crippen LogP contribution is -2.23. The van der Waals surface area contributed by atoms with Gasteiger partial charge in [0.2, 0.25) is 5.91 Å². The maximum Gasteiger partial charge on any atom is 0.378 e. The summed E-state index contributed by atoms with van der Waals surface area (Å²) in [6.45, 7) is 1.76. The summed E-state index contributed by atoms with van der Waals surface area (Å²) >= 11 is 0.857. The van der Waals surface area contributed by atoms with Gasteiger partial charge in [0.1, 0.15) is 4.88 Å². The molecule has 0 saturated heterocycles. The van der Waals surface area contributed by atoms with E-state index >= 15 is 0 Å². The molecule has 1 aromatic heterocycles. The standard InChI is InChI=1S/C22H26N2O6S2/c1-3-17-19(18(25)21(27)28)31-22(23-17)24-20(26)16(12-13-6-4-5-7-13)14-8-10-15(11-9-14)32(2,29)30/h8-11,13,16H,3-7,12H2,1-2H3,(H,27,28)(H,23,24,26). The minimum Gasteiger partial charge on any atom is -0.475 e. The summed E-state index contributed by atoms with van der Waals surface area (Å²) in [5.74, 6) is -3.04. The van der Waals surface area contributed by atoms with Crippen LogP contribution in [-0.2, 0) is 25.8 Å². The topological polar surface area (TPSA) is 130 Å². The molecule has 32 heavy (non-hydrogen) atoms. The van der Waals surface area contributed by atoms with Gasteiger partial charge < -0.3 is 10.4 Å². The van der Waals surface area contributed by atoms with Crippen LogP contribution in [0.15, 0.2) is 29.2 Å². The third-order valence-corrected chi connectivity index (χ3v) is 7.87. The predicted molar refractivity (Wildman–Crippen MR) is 121 cm³/mol. The van der Waals surface area contributed by atoms with Gasteiger partial charge in [-0.05, 0) is 36.5 Å². The molecule has 3 rings (SSSR count). The number of benzene rings is 1. The minimum atomic E-state index is -3.35. The number of amides is 1. The van der Waals surface area contributed by atoms with Crippen LogP contribution in [0.3, 0.4) is 0 Å². The lowest BCUT2D eigenvalue weighted by Gasteiger charge is -2.20. The molecule has 0 radical (unpaired) electrons. The Labute approximate surface area is 191 Å². The van der Waals surface area contributed by atoms with Crippen LogP contribution in [0.2, 0.25) is 0 Å². The molecule has 2 N–H and O–H groups in total. The Hall–Kier alpha value is -2.59. The summed E-state index contributed by atoms with van der Waals surface area (Å²) in [4.78, 5) is 40.7. The number of Topliss-reactive ketones (excluding diaryl/α,β-unsaturated/α-hetero) is 1. The van der Waals surface area contributed by atoms with Crippen molar-refractivity contribution in [3.05, 3.63) is 40.4 Å². The number of carbonyl (C=O) groups excluding carboxylic acids is 2. The van der Waals surface area contributed by atoms with E-state index < -0.39 is 27.5 Å². The van der Waals surface area contributed by atoms with Crippen LogP contribution in [0.1, 0.15) is 65.9 Å². The van der Waals surface area contributed by atoms with E-state index in [9.17, 15) is 22.8 Å². The van der Waals surface area contributed by atoms with Crippen molar-refractivity contribution in [3.8, 4) is 0 Å². The molecule has 10 heteroatoms. The zero-order valence-electron chi connectivity index (χ0n) is 18.0. The predicted octanol–water partition coefficient (Wildman–Crippen LogP) is 3.68. The van der Waals surface area contributed by atoms with Gasteiger partial charge in [0, 0.05) is 6.26 Å². The molecule has 0 spiro atoms. The van der Waals surface area contributed by atoms with Gasteiger partial charge in [-0.15, -0.1) is 0 Å². The van der Waals surface area contributed by atoms with Crippen molar-refractivity contribution < 1.29 is 27.9 Å². The molecule has 1 heterocycles. The zero-order chi connectivity index (χ0) is 23.5. The van der Waals surface area contributed by atoms with Crippen LogP contribution < -0.4 is 5.32 Å². The van der Waals surface area contributed by atoms with Crippen molar-refractivity contribution in [1.29, 1.82) is 0 Å². The molecular formula is C22H26N2O6S2. The number of thiazole rings is 1. The monoisotopic (exact) mass is 478 g/mol. The molecule has 0 aliphatic heterocycles. The Morgan fingerprint density at radius 1 is 1.19 bits per heavy atom. The number of rotatable bonds is 9. The molecule has 1 atom stereocenters. The maximum atomic E-state index is 13.2. The number of aryl methyl sites for hydroxylation is 1. The first kappa shape index (κ1) is 24.1. The van der Waals surface area contributed by atoms with Crippen LogP contribution in [0.4, 0.5) is 5.13 Å². The van der Waals surface area contributed by atoms with E-state index in [1.165, 1.54) is 12.1 Å². The fourth-order valence-electron chi connectivity index (χ4n) is 4.03. The number of carboxylic acids is 1. The summed E-state index contributed by atoms with van der Waals surface area (Å²) in [5, 5.41) is 12.0. The van der Waals surface area contributed by atoms with Gasteiger partial charge in [0.05, 0.1) is 16.5 Å². The van der Waals surface area contributed by atoms with Gasteiger partial charge in [-0.25, -0.2) is 18.2 Å². The second-order valence-electron chi connectivity index (χ2n) is 8.05. The van der Waals surface area contributed by atoms with Crippen molar-refractivity contribution in [2.45, 2.75) is 56.3 Å². The molecule has 1 aliphatic carbocycles. The summed E-state index contributed by atoms with van der Waals surface area (Å²) in [5.41, 5.74) is 1.04. The van der Waals surface area contributed by atoms with Crippen molar-refractivity contribution >= 4 is 44.0 Å². The highest BCUT2D eigenvalue weighted by Crippen LogP contribution is 2.35. The van der Waals surface area contributed by atoms with Crippen molar-refractivity contribution in [3.63, 3.8) is 0 Å². The van der Waals surface area contributed by atoms with E-state index in [2.05, 4.69) is 10.3 Å². The van der Waals surface area contributed by atoms with Gasteiger partial charge in [-0.1, -0.05) is 56.1 Å². The molecule has 1 aliphatic rings. The molecule has 1 unspecified atom stereocenters.